The van der Waals surface area contributed by atoms with Crippen molar-refractivity contribution in [2.45, 2.75) is 38.1 Å². The molecule has 0 radical (unpaired) electrons. The van der Waals surface area contributed by atoms with Crippen molar-refractivity contribution in [3.63, 3.8) is 0 Å². The van der Waals surface area contributed by atoms with Gasteiger partial charge in [0.05, 0.1) is 5.37 Å². The highest BCUT2D eigenvalue weighted by atomic mass is 32.2. The van der Waals surface area contributed by atoms with Crippen molar-refractivity contribution >= 4 is 40.4 Å². The van der Waals surface area contributed by atoms with Gasteiger partial charge in [-0.2, -0.15) is 4.37 Å². The highest BCUT2D eigenvalue weighted by Crippen LogP contribution is 2.32. The zero-order valence-corrected chi connectivity index (χ0v) is 12.8. The molecule has 20 heavy (non-hydrogen) atoms. The number of anilines is 1. The summed E-state index contributed by atoms with van der Waals surface area (Å²) in [6.07, 6.45) is 1.67. The van der Waals surface area contributed by atoms with Gasteiger partial charge in [-0.05, 0) is 13.3 Å². The zero-order chi connectivity index (χ0) is 14.7. The summed E-state index contributed by atoms with van der Waals surface area (Å²) in [6.45, 7) is 3.75. The average Bonchev–Trinajstić information content (AvgIpc) is 2.96. The molecule has 110 valence electrons. The summed E-state index contributed by atoms with van der Waals surface area (Å²) in [5, 5.41) is 12.2. The molecule has 2 atom stereocenters. The predicted octanol–water partition coefficient (Wildman–Crippen LogP) is 2.01. The van der Waals surface area contributed by atoms with Crippen LogP contribution < -0.4 is 5.32 Å². The van der Waals surface area contributed by atoms with E-state index < -0.39 is 18.0 Å². The van der Waals surface area contributed by atoms with E-state index in [0.717, 1.165) is 24.4 Å². The number of amides is 2. The number of hydrogen-bond donors (Lipinski definition) is 2. The zero-order valence-electron chi connectivity index (χ0n) is 11.2. The van der Waals surface area contributed by atoms with Crippen molar-refractivity contribution in [3.8, 4) is 0 Å². The first kappa shape index (κ1) is 15.0. The second-order valence-corrected chi connectivity index (χ2v) is 6.38. The van der Waals surface area contributed by atoms with Crippen molar-refractivity contribution < 1.29 is 14.7 Å². The Hall–Kier alpha value is -1.35. The minimum absolute atomic E-state index is 0.102. The lowest BCUT2D eigenvalue weighted by Crippen LogP contribution is -2.47. The number of carbonyl (C=O) groups is 2. The lowest BCUT2D eigenvalue weighted by atomic mass is 10.2. The van der Waals surface area contributed by atoms with Crippen LogP contribution in [0.3, 0.4) is 0 Å². The summed E-state index contributed by atoms with van der Waals surface area (Å²) in [5.41, 5.74) is 0. The third-order valence-electron chi connectivity index (χ3n) is 2.89. The van der Waals surface area contributed by atoms with Crippen molar-refractivity contribution in [1.82, 2.24) is 14.3 Å². The topological polar surface area (TPSA) is 95.4 Å². The van der Waals surface area contributed by atoms with E-state index >= 15 is 0 Å². The predicted molar refractivity (Wildman–Crippen MR) is 78.1 cm³/mol. The highest BCUT2D eigenvalue weighted by molar-refractivity contribution is 8.00. The maximum absolute atomic E-state index is 12.3. The molecule has 1 fully saturated rings. The first-order chi connectivity index (χ1) is 9.52. The van der Waals surface area contributed by atoms with E-state index in [1.54, 1.807) is 6.92 Å². The Balaban J connectivity index is 2.12. The molecule has 2 amide bonds. The smallest absolute Gasteiger partial charge is 0.327 e. The van der Waals surface area contributed by atoms with Gasteiger partial charge in [0.15, 0.2) is 0 Å². The molecule has 2 unspecified atom stereocenters. The van der Waals surface area contributed by atoms with Crippen LogP contribution in [0.25, 0.3) is 0 Å². The van der Waals surface area contributed by atoms with Gasteiger partial charge in [0.25, 0.3) is 0 Å². The number of carboxylic acids is 1. The number of rotatable bonds is 4. The molecule has 9 heteroatoms. The number of aryl methyl sites for hydroxylation is 1. The van der Waals surface area contributed by atoms with E-state index in [0.29, 0.717) is 16.7 Å². The van der Waals surface area contributed by atoms with Crippen molar-refractivity contribution in [1.29, 1.82) is 0 Å². The summed E-state index contributed by atoms with van der Waals surface area (Å²) in [7, 11) is 0. The molecule has 0 aromatic carbocycles. The molecular formula is C11H16N4O3S2. The fourth-order valence-corrected chi connectivity index (χ4v) is 4.08. The SMILES string of the molecule is CCCC1SCC(C(=O)O)N1C(=O)Nc1nc(C)ns1. The summed E-state index contributed by atoms with van der Waals surface area (Å²) >= 11 is 2.59. The van der Waals surface area contributed by atoms with Gasteiger partial charge >= 0.3 is 12.0 Å². The molecule has 1 aromatic rings. The van der Waals surface area contributed by atoms with E-state index in [1.807, 2.05) is 6.92 Å². The Bertz CT molecular complexity index is 508. The maximum Gasteiger partial charge on any atom is 0.327 e. The summed E-state index contributed by atoms with van der Waals surface area (Å²) in [5.74, 6) is 0.0310. The van der Waals surface area contributed by atoms with Crippen molar-refractivity contribution in [3.05, 3.63) is 5.82 Å². The Kier molecular flexibility index (Phi) is 4.81. The van der Waals surface area contributed by atoms with Crippen LogP contribution in [0.2, 0.25) is 0 Å². The van der Waals surface area contributed by atoms with Gasteiger partial charge in [-0.25, -0.2) is 14.6 Å². The standard InChI is InChI=1S/C11H16N4O3S2/c1-3-4-8-15(7(5-19-8)9(16)17)11(18)13-10-12-6(2)14-20-10/h7-8H,3-5H2,1-2H3,(H,16,17)(H,12,13,14,18). The second-order valence-electron chi connectivity index (χ2n) is 4.41. The number of nitrogens with zero attached hydrogens (tertiary/aromatic N) is 3. The lowest BCUT2D eigenvalue weighted by Gasteiger charge is -2.26. The molecule has 1 aliphatic heterocycles. The Morgan fingerprint density at radius 1 is 1.55 bits per heavy atom. The monoisotopic (exact) mass is 316 g/mol. The number of carboxylic acid groups (broad SMARTS) is 1. The minimum Gasteiger partial charge on any atom is -0.480 e. The normalized spacial score (nSPS) is 22.0. The molecule has 1 aromatic heterocycles. The van der Waals surface area contributed by atoms with Crippen LogP contribution in [-0.4, -0.2) is 48.5 Å². The molecule has 0 saturated carbocycles. The molecule has 0 bridgehead atoms. The van der Waals surface area contributed by atoms with E-state index in [9.17, 15) is 14.7 Å². The van der Waals surface area contributed by atoms with Crippen LogP contribution >= 0.6 is 23.3 Å². The van der Waals surface area contributed by atoms with Gasteiger partial charge < -0.3 is 5.11 Å². The second kappa shape index (κ2) is 6.40. The van der Waals surface area contributed by atoms with Crippen LogP contribution in [0.1, 0.15) is 25.6 Å². The van der Waals surface area contributed by atoms with Crippen LogP contribution in [0, 0.1) is 6.92 Å². The van der Waals surface area contributed by atoms with E-state index in [2.05, 4.69) is 14.7 Å². The molecule has 1 saturated heterocycles. The molecule has 7 nitrogen and oxygen atoms in total. The Labute approximate surface area is 124 Å². The number of nitrogens with one attached hydrogen (secondary N) is 1. The van der Waals surface area contributed by atoms with E-state index in [1.165, 1.54) is 16.7 Å². The van der Waals surface area contributed by atoms with Gasteiger partial charge in [-0.3, -0.25) is 10.2 Å². The highest BCUT2D eigenvalue weighted by Gasteiger charge is 2.41. The minimum atomic E-state index is -0.973. The van der Waals surface area contributed by atoms with Gasteiger partial charge in [-0.1, -0.05) is 13.3 Å². The van der Waals surface area contributed by atoms with Crippen LogP contribution in [-0.2, 0) is 4.79 Å². The van der Waals surface area contributed by atoms with Crippen LogP contribution in [0.4, 0.5) is 9.93 Å². The largest absolute Gasteiger partial charge is 0.480 e. The van der Waals surface area contributed by atoms with Gasteiger partial charge in [0.1, 0.15) is 11.9 Å². The van der Waals surface area contributed by atoms with Crippen LogP contribution in [0.5, 0.6) is 0 Å². The summed E-state index contributed by atoms with van der Waals surface area (Å²) in [4.78, 5) is 29.0. The van der Waals surface area contributed by atoms with E-state index in [4.69, 9.17) is 0 Å². The Morgan fingerprint density at radius 2 is 2.30 bits per heavy atom. The third kappa shape index (κ3) is 3.21. The van der Waals surface area contributed by atoms with Crippen molar-refractivity contribution in [2.75, 3.05) is 11.1 Å². The number of hydrogen-bond acceptors (Lipinski definition) is 6. The maximum atomic E-state index is 12.3. The average molecular weight is 316 g/mol. The third-order valence-corrected chi connectivity index (χ3v) is 4.97. The first-order valence-electron chi connectivity index (χ1n) is 6.27. The van der Waals surface area contributed by atoms with Crippen molar-refractivity contribution in [2.24, 2.45) is 0 Å². The number of aliphatic carboxylic acids is 1. The van der Waals surface area contributed by atoms with Gasteiger partial charge in [0.2, 0.25) is 5.13 Å². The number of urea groups is 1. The molecule has 2 heterocycles. The summed E-state index contributed by atoms with van der Waals surface area (Å²) < 4.78 is 3.98. The molecule has 0 aliphatic carbocycles. The van der Waals surface area contributed by atoms with Gasteiger partial charge in [0, 0.05) is 17.3 Å². The number of aromatic nitrogens is 2. The first-order valence-corrected chi connectivity index (χ1v) is 8.09. The molecule has 2 rings (SSSR count). The fourth-order valence-electron chi connectivity index (χ4n) is 2.00. The van der Waals surface area contributed by atoms with Crippen LogP contribution in [0.15, 0.2) is 0 Å². The van der Waals surface area contributed by atoms with Gasteiger partial charge in [-0.15, -0.1) is 11.8 Å². The van der Waals surface area contributed by atoms with E-state index in [-0.39, 0.29) is 5.37 Å². The fraction of sp³-hybridized carbons (Fsp3) is 0.636. The number of thioether (sulfide) groups is 1. The summed E-state index contributed by atoms with van der Waals surface area (Å²) in [6, 6.07) is -1.21. The number of carbonyl (C=O) groups excluding carboxylic acids is 1. The Morgan fingerprint density at radius 3 is 2.85 bits per heavy atom. The quantitative estimate of drug-likeness (QED) is 0.882. The molecule has 0 spiro atoms. The molecule has 1 aliphatic rings. The molecular weight excluding hydrogens is 300 g/mol. The lowest BCUT2D eigenvalue weighted by molar-refractivity contribution is -0.141. The molecule has 2 N–H and O–H groups in total.